The number of hydrogen-bond donors (Lipinski definition) is 0. The molecule has 3 nitrogen and oxygen atoms in total. The molecule has 0 amide bonds. The second-order valence-electron chi connectivity index (χ2n) is 4.89. The predicted molar refractivity (Wildman–Crippen MR) is 84.8 cm³/mol. The van der Waals surface area contributed by atoms with Crippen molar-refractivity contribution in [2.75, 3.05) is 0 Å². The van der Waals surface area contributed by atoms with E-state index in [4.69, 9.17) is 0 Å². The molecule has 0 saturated carbocycles. The number of ketones is 1. The van der Waals surface area contributed by atoms with E-state index in [-0.39, 0.29) is 5.78 Å². The maximum Gasteiger partial charge on any atom is 0.157 e. The summed E-state index contributed by atoms with van der Waals surface area (Å²) < 4.78 is 2.02. The van der Waals surface area contributed by atoms with Gasteiger partial charge in [-0.05, 0) is 23.8 Å². The Morgan fingerprint density at radius 3 is 2.67 bits per heavy atom. The van der Waals surface area contributed by atoms with Gasteiger partial charge in [-0.25, -0.2) is 4.98 Å². The van der Waals surface area contributed by atoms with E-state index in [1.807, 2.05) is 65.2 Å². The Hall–Kier alpha value is -2.68. The summed E-state index contributed by atoms with van der Waals surface area (Å²) in [7, 11) is 0. The molecule has 104 valence electrons. The molecule has 0 bridgehead atoms. The fourth-order valence-electron chi connectivity index (χ4n) is 2.26. The number of aryl methyl sites for hydroxylation is 1. The topological polar surface area (TPSA) is 34.9 Å². The van der Waals surface area contributed by atoms with Gasteiger partial charge in [-0.3, -0.25) is 4.79 Å². The quantitative estimate of drug-likeness (QED) is 0.666. The Morgan fingerprint density at radius 2 is 1.81 bits per heavy atom. The molecule has 1 heterocycles. The first-order valence-corrected chi connectivity index (χ1v) is 6.99. The molecule has 3 aromatic rings. The maximum absolute atomic E-state index is 11.9. The van der Waals surface area contributed by atoms with Crippen molar-refractivity contribution < 1.29 is 4.79 Å². The molecule has 0 saturated heterocycles. The lowest BCUT2D eigenvalue weighted by Crippen LogP contribution is -2.02. The molecular weight excluding hydrogens is 260 g/mol. The summed E-state index contributed by atoms with van der Waals surface area (Å²) in [5.41, 5.74) is 3.07. The van der Waals surface area contributed by atoms with Gasteiger partial charge in [-0.15, -0.1) is 0 Å². The Kier molecular flexibility index (Phi) is 3.92. The normalized spacial score (nSPS) is 11.2. The van der Waals surface area contributed by atoms with Crippen LogP contribution in [0.5, 0.6) is 0 Å². The van der Waals surface area contributed by atoms with Gasteiger partial charge in [0.2, 0.25) is 0 Å². The van der Waals surface area contributed by atoms with Crippen LogP contribution >= 0.6 is 0 Å². The highest BCUT2D eigenvalue weighted by molar-refractivity contribution is 5.93. The number of carbonyl (C=O) groups is 1. The first-order chi connectivity index (χ1) is 10.3. The number of carbonyl (C=O) groups excluding carboxylic acids is 1. The van der Waals surface area contributed by atoms with Gasteiger partial charge in [0.1, 0.15) is 0 Å². The van der Waals surface area contributed by atoms with Crippen LogP contribution in [-0.2, 0) is 11.3 Å². The van der Waals surface area contributed by atoms with Crippen LogP contribution in [-0.4, -0.2) is 15.3 Å². The average molecular weight is 276 g/mol. The standard InChI is InChI=1S/C18H16N2O/c21-16(11-10-15-6-2-1-3-7-15)12-13-20-14-19-17-8-4-5-9-18(17)20/h1-11,14H,12-13H2/b11-10+. The van der Waals surface area contributed by atoms with Crippen molar-refractivity contribution in [3.05, 3.63) is 72.6 Å². The van der Waals surface area contributed by atoms with Crippen molar-refractivity contribution in [1.29, 1.82) is 0 Å². The maximum atomic E-state index is 11.9. The second kappa shape index (κ2) is 6.18. The summed E-state index contributed by atoms with van der Waals surface area (Å²) in [6.07, 6.45) is 5.77. The van der Waals surface area contributed by atoms with E-state index < -0.39 is 0 Å². The molecule has 2 aromatic carbocycles. The first kappa shape index (κ1) is 13.3. The lowest BCUT2D eigenvalue weighted by atomic mass is 10.2. The summed E-state index contributed by atoms with van der Waals surface area (Å²) in [5.74, 6) is 0.122. The van der Waals surface area contributed by atoms with Gasteiger partial charge in [0.05, 0.1) is 17.4 Å². The Labute approximate surface area is 123 Å². The highest BCUT2D eigenvalue weighted by Crippen LogP contribution is 2.12. The zero-order valence-electron chi connectivity index (χ0n) is 11.6. The first-order valence-electron chi connectivity index (χ1n) is 6.99. The smallest absolute Gasteiger partial charge is 0.157 e. The number of aromatic nitrogens is 2. The Morgan fingerprint density at radius 1 is 1.05 bits per heavy atom. The number of fused-ring (bicyclic) bond motifs is 1. The molecule has 0 aliphatic heterocycles. The van der Waals surface area contributed by atoms with Gasteiger partial charge < -0.3 is 4.57 Å². The molecular formula is C18H16N2O. The lowest BCUT2D eigenvalue weighted by molar-refractivity contribution is -0.114. The van der Waals surface area contributed by atoms with Crippen molar-refractivity contribution >= 4 is 22.9 Å². The third-order valence-corrected chi connectivity index (χ3v) is 3.39. The van der Waals surface area contributed by atoms with Crippen molar-refractivity contribution in [3.8, 4) is 0 Å². The zero-order chi connectivity index (χ0) is 14.5. The van der Waals surface area contributed by atoms with Crippen LogP contribution in [0, 0.1) is 0 Å². The molecule has 0 N–H and O–H groups in total. The summed E-state index contributed by atoms with van der Waals surface area (Å²) in [6.45, 7) is 0.651. The minimum Gasteiger partial charge on any atom is -0.330 e. The molecule has 3 rings (SSSR count). The summed E-state index contributed by atoms with van der Waals surface area (Å²) in [5, 5.41) is 0. The summed E-state index contributed by atoms with van der Waals surface area (Å²) in [4.78, 5) is 16.3. The van der Waals surface area contributed by atoms with E-state index in [2.05, 4.69) is 4.98 Å². The lowest BCUT2D eigenvalue weighted by Gasteiger charge is -2.01. The van der Waals surface area contributed by atoms with Gasteiger partial charge in [0, 0.05) is 13.0 Å². The van der Waals surface area contributed by atoms with E-state index in [9.17, 15) is 4.79 Å². The molecule has 0 radical (unpaired) electrons. The minimum absolute atomic E-state index is 0.122. The number of hydrogen-bond acceptors (Lipinski definition) is 2. The Bertz CT molecular complexity index is 772. The van der Waals surface area contributed by atoms with Crippen molar-refractivity contribution in [2.45, 2.75) is 13.0 Å². The average Bonchev–Trinajstić information content (AvgIpc) is 2.95. The van der Waals surface area contributed by atoms with Gasteiger partial charge in [0.25, 0.3) is 0 Å². The fourth-order valence-corrected chi connectivity index (χ4v) is 2.26. The number of para-hydroxylation sites is 2. The van der Waals surface area contributed by atoms with E-state index in [1.165, 1.54) is 0 Å². The van der Waals surface area contributed by atoms with Gasteiger partial charge >= 0.3 is 0 Å². The molecule has 0 aliphatic rings. The molecule has 21 heavy (non-hydrogen) atoms. The molecule has 0 fully saturated rings. The van der Waals surface area contributed by atoms with Crippen LogP contribution in [0.3, 0.4) is 0 Å². The van der Waals surface area contributed by atoms with Crippen LogP contribution in [0.4, 0.5) is 0 Å². The van der Waals surface area contributed by atoms with Crippen LogP contribution in [0.25, 0.3) is 17.1 Å². The molecule has 0 spiro atoms. The van der Waals surface area contributed by atoms with Gasteiger partial charge in [-0.2, -0.15) is 0 Å². The predicted octanol–water partition coefficient (Wildman–Crippen LogP) is 3.71. The summed E-state index contributed by atoms with van der Waals surface area (Å²) >= 11 is 0. The van der Waals surface area contributed by atoms with Crippen LogP contribution in [0.2, 0.25) is 0 Å². The highest BCUT2D eigenvalue weighted by Gasteiger charge is 2.03. The Balaban J connectivity index is 1.62. The third-order valence-electron chi connectivity index (χ3n) is 3.39. The van der Waals surface area contributed by atoms with Gasteiger partial charge in [-0.1, -0.05) is 48.5 Å². The monoisotopic (exact) mass is 276 g/mol. The number of imidazole rings is 1. The van der Waals surface area contributed by atoms with Crippen LogP contribution < -0.4 is 0 Å². The van der Waals surface area contributed by atoms with E-state index in [1.54, 1.807) is 12.4 Å². The molecule has 1 aromatic heterocycles. The number of rotatable bonds is 5. The minimum atomic E-state index is 0.122. The second-order valence-corrected chi connectivity index (χ2v) is 4.89. The SMILES string of the molecule is O=C(/C=C/c1ccccc1)CCn1cnc2ccccc21. The zero-order valence-corrected chi connectivity index (χ0v) is 11.6. The van der Waals surface area contributed by atoms with Crippen LogP contribution in [0.15, 0.2) is 67.0 Å². The molecule has 0 atom stereocenters. The fraction of sp³-hybridized carbons (Fsp3) is 0.111. The summed E-state index contributed by atoms with van der Waals surface area (Å²) in [6, 6.07) is 17.8. The van der Waals surface area contributed by atoms with Crippen LogP contribution in [0.1, 0.15) is 12.0 Å². The molecule has 0 aliphatic carbocycles. The highest BCUT2D eigenvalue weighted by atomic mass is 16.1. The van der Waals surface area contributed by atoms with E-state index in [0.717, 1.165) is 16.6 Å². The largest absolute Gasteiger partial charge is 0.330 e. The van der Waals surface area contributed by atoms with Crippen molar-refractivity contribution in [1.82, 2.24) is 9.55 Å². The van der Waals surface area contributed by atoms with E-state index in [0.29, 0.717) is 13.0 Å². The number of nitrogens with zero attached hydrogens (tertiary/aromatic N) is 2. The van der Waals surface area contributed by atoms with Crippen molar-refractivity contribution in [2.24, 2.45) is 0 Å². The van der Waals surface area contributed by atoms with Gasteiger partial charge in [0.15, 0.2) is 5.78 Å². The molecule has 0 unspecified atom stereocenters. The number of allylic oxidation sites excluding steroid dienone is 1. The van der Waals surface area contributed by atoms with E-state index >= 15 is 0 Å². The number of benzene rings is 2. The third kappa shape index (κ3) is 3.26. The molecule has 3 heteroatoms. The van der Waals surface area contributed by atoms with Crippen molar-refractivity contribution in [3.63, 3.8) is 0 Å².